The van der Waals surface area contributed by atoms with E-state index in [2.05, 4.69) is 26.0 Å². The quantitative estimate of drug-likeness (QED) is 0.418. The second kappa shape index (κ2) is 8.13. The third-order valence-corrected chi connectivity index (χ3v) is 3.95. The molecule has 3 N–H and O–H groups in total. The lowest BCUT2D eigenvalue weighted by molar-refractivity contribution is -0.117. The lowest BCUT2D eigenvalue weighted by Crippen LogP contribution is -2.30. The molecule has 0 spiro atoms. The number of nitrogens with one attached hydrogen (secondary N) is 3. The zero-order valence-electron chi connectivity index (χ0n) is 15.1. The Morgan fingerprint density at radius 3 is 2.79 bits per heavy atom. The molecule has 0 saturated heterocycles. The third kappa shape index (κ3) is 4.33. The number of Topliss-reactive ketones (excluding diaryl/α,β-unsaturated/α-hetero) is 1. The number of nitriles is 1. The fourth-order valence-corrected chi connectivity index (χ4v) is 2.49. The van der Waals surface area contributed by atoms with E-state index >= 15 is 0 Å². The van der Waals surface area contributed by atoms with Gasteiger partial charge in [-0.25, -0.2) is 4.39 Å². The summed E-state index contributed by atoms with van der Waals surface area (Å²) in [5, 5.41) is 23.5. The van der Waals surface area contributed by atoms with Crippen molar-refractivity contribution in [1.82, 2.24) is 25.3 Å². The Morgan fingerprint density at radius 1 is 1.31 bits per heavy atom. The van der Waals surface area contributed by atoms with Gasteiger partial charge < -0.3 is 15.2 Å². The maximum absolute atomic E-state index is 13.4. The van der Waals surface area contributed by atoms with Crippen LogP contribution in [0.2, 0.25) is 0 Å². The Labute approximate surface area is 163 Å². The maximum Gasteiger partial charge on any atom is 0.292 e. The zero-order valence-corrected chi connectivity index (χ0v) is 15.1. The number of aromatic amines is 1. The minimum absolute atomic E-state index is 0.0205. The number of hydrogen-bond donors (Lipinski definition) is 3. The fourth-order valence-electron chi connectivity index (χ4n) is 2.49. The summed E-state index contributed by atoms with van der Waals surface area (Å²) in [5.74, 6) is -2.97. The molecule has 29 heavy (non-hydrogen) atoms. The van der Waals surface area contributed by atoms with Crippen LogP contribution in [0, 0.1) is 17.1 Å². The van der Waals surface area contributed by atoms with E-state index in [0.29, 0.717) is 5.69 Å². The monoisotopic (exact) mass is 395 g/mol. The minimum Gasteiger partial charge on any atom is -0.346 e. The fraction of sp³-hybridized carbons (Fsp3) is 0.111. The molecule has 3 rings (SSSR count). The van der Waals surface area contributed by atoms with Crippen molar-refractivity contribution in [3.8, 4) is 6.07 Å². The van der Waals surface area contributed by atoms with Crippen molar-refractivity contribution in [1.29, 1.82) is 5.26 Å². The highest BCUT2D eigenvalue weighted by Crippen LogP contribution is 2.16. The topological polar surface area (TPSA) is 146 Å². The number of rotatable bonds is 6. The number of hydrogen-bond acceptors (Lipinski definition) is 6. The summed E-state index contributed by atoms with van der Waals surface area (Å²) in [6, 6.07) is 6.51. The Morgan fingerprint density at radius 2 is 2.10 bits per heavy atom. The molecule has 0 aliphatic rings. The molecule has 0 fully saturated rings. The van der Waals surface area contributed by atoms with E-state index in [1.165, 1.54) is 42.2 Å². The minimum atomic E-state index is -0.859. The van der Waals surface area contributed by atoms with Gasteiger partial charge in [-0.2, -0.15) is 20.7 Å². The molecular formula is C18H14FN7O3. The molecule has 146 valence electrons. The van der Waals surface area contributed by atoms with E-state index < -0.39 is 23.4 Å². The highest BCUT2D eigenvalue weighted by Gasteiger charge is 2.21. The molecule has 2 aromatic heterocycles. The van der Waals surface area contributed by atoms with Gasteiger partial charge in [-0.1, -0.05) is 0 Å². The number of halogens is 1. The zero-order chi connectivity index (χ0) is 21.0. The maximum atomic E-state index is 13.4. The van der Waals surface area contributed by atoms with Crippen LogP contribution in [-0.2, 0) is 18.4 Å². The van der Waals surface area contributed by atoms with E-state index in [-0.39, 0.29) is 29.1 Å². The van der Waals surface area contributed by atoms with E-state index in [1.54, 1.807) is 6.07 Å². The van der Waals surface area contributed by atoms with Gasteiger partial charge in [0.15, 0.2) is 0 Å². The molecule has 11 heteroatoms. The first-order valence-electron chi connectivity index (χ1n) is 8.23. The molecule has 0 bridgehead atoms. The van der Waals surface area contributed by atoms with Crippen molar-refractivity contribution in [3.05, 3.63) is 65.0 Å². The van der Waals surface area contributed by atoms with Crippen LogP contribution in [0.5, 0.6) is 0 Å². The van der Waals surface area contributed by atoms with Gasteiger partial charge >= 0.3 is 0 Å². The Balaban J connectivity index is 1.70. The summed E-state index contributed by atoms with van der Waals surface area (Å²) >= 11 is 0. The van der Waals surface area contributed by atoms with Gasteiger partial charge in [0.25, 0.3) is 17.6 Å². The SMILES string of the molecule is Cn1cc(C(=O)C(=O)NCc2cn[nH]n2)cc1C(=O)Nc1ccc(F)c(C#N)c1. The van der Waals surface area contributed by atoms with Gasteiger partial charge in [0.1, 0.15) is 23.3 Å². The van der Waals surface area contributed by atoms with Gasteiger partial charge in [-0.3, -0.25) is 14.4 Å². The number of amides is 2. The number of anilines is 1. The molecule has 0 unspecified atom stereocenters. The van der Waals surface area contributed by atoms with Crippen molar-refractivity contribution < 1.29 is 18.8 Å². The van der Waals surface area contributed by atoms with Gasteiger partial charge in [-0.15, -0.1) is 0 Å². The van der Waals surface area contributed by atoms with Crippen LogP contribution >= 0.6 is 0 Å². The number of aryl methyl sites for hydroxylation is 1. The second-order valence-electron chi connectivity index (χ2n) is 5.96. The molecule has 0 saturated carbocycles. The van der Waals surface area contributed by atoms with Crippen LogP contribution < -0.4 is 10.6 Å². The molecule has 2 amide bonds. The summed E-state index contributed by atoms with van der Waals surface area (Å²) in [6.45, 7) is 0.0209. The van der Waals surface area contributed by atoms with Gasteiger partial charge in [-0.05, 0) is 24.3 Å². The molecule has 3 aromatic rings. The largest absolute Gasteiger partial charge is 0.346 e. The summed E-state index contributed by atoms with van der Waals surface area (Å²) in [6.07, 6.45) is 2.75. The van der Waals surface area contributed by atoms with Crippen molar-refractivity contribution in [2.45, 2.75) is 6.54 Å². The summed E-state index contributed by atoms with van der Waals surface area (Å²) < 4.78 is 14.8. The number of ketones is 1. The third-order valence-electron chi connectivity index (χ3n) is 3.95. The highest BCUT2D eigenvalue weighted by atomic mass is 19.1. The van der Waals surface area contributed by atoms with Crippen LogP contribution in [-0.4, -0.2) is 37.6 Å². The van der Waals surface area contributed by atoms with E-state index in [1.807, 2.05) is 0 Å². The van der Waals surface area contributed by atoms with E-state index in [4.69, 9.17) is 5.26 Å². The number of carbonyl (C=O) groups excluding carboxylic acids is 3. The van der Waals surface area contributed by atoms with Crippen molar-refractivity contribution >= 4 is 23.3 Å². The van der Waals surface area contributed by atoms with Crippen LogP contribution in [0.15, 0.2) is 36.7 Å². The summed E-state index contributed by atoms with van der Waals surface area (Å²) in [4.78, 5) is 36.8. The van der Waals surface area contributed by atoms with Crippen LogP contribution in [0.25, 0.3) is 0 Å². The second-order valence-corrected chi connectivity index (χ2v) is 5.96. The van der Waals surface area contributed by atoms with Gasteiger partial charge in [0, 0.05) is 24.5 Å². The number of carbonyl (C=O) groups is 3. The number of nitrogens with zero attached hydrogens (tertiary/aromatic N) is 4. The van der Waals surface area contributed by atoms with Gasteiger partial charge in [0.2, 0.25) is 0 Å². The Bertz CT molecular complexity index is 1130. The molecule has 0 aliphatic carbocycles. The molecule has 0 radical (unpaired) electrons. The molecule has 1 aromatic carbocycles. The lowest BCUT2D eigenvalue weighted by Gasteiger charge is -2.06. The molecule has 0 aliphatic heterocycles. The van der Waals surface area contributed by atoms with E-state index in [9.17, 15) is 18.8 Å². The molecule has 0 atom stereocenters. The van der Waals surface area contributed by atoms with E-state index in [0.717, 1.165) is 6.07 Å². The number of benzene rings is 1. The lowest BCUT2D eigenvalue weighted by atomic mass is 10.2. The summed E-state index contributed by atoms with van der Waals surface area (Å²) in [7, 11) is 1.53. The summed E-state index contributed by atoms with van der Waals surface area (Å²) in [5.41, 5.74) is 0.574. The predicted octanol–water partition coefficient (Wildman–Crippen LogP) is 0.905. The number of aromatic nitrogens is 4. The average Bonchev–Trinajstić information content (AvgIpc) is 3.36. The van der Waals surface area contributed by atoms with Crippen molar-refractivity contribution in [3.63, 3.8) is 0 Å². The highest BCUT2D eigenvalue weighted by molar-refractivity contribution is 6.42. The van der Waals surface area contributed by atoms with Crippen LogP contribution in [0.4, 0.5) is 10.1 Å². The van der Waals surface area contributed by atoms with Crippen LogP contribution in [0.1, 0.15) is 32.1 Å². The first kappa shape index (κ1) is 19.4. The molecule has 2 heterocycles. The smallest absolute Gasteiger partial charge is 0.292 e. The first-order chi connectivity index (χ1) is 13.9. The van der Waals surface area contributed by atoms with Crippen LogP contribution in [0.3, 0.4) is 0 Å². The predicted molar refractivity (Wildman–Crippen MR) is 97.0 cm³/mol. The Kier molecular flexibility index (Phi) is 5.45. The normalized spacial score (nSPS) is 10.2. The standard InChI is InChI=1S/C18H14FN7O3/c1-26-9-11(16(27)18(29)21-7-13-8-22-25-24-13)5-15(26)17(28)23-12-2-3-14(19)10(4-12)6-20/h2-5,8-9H,7H2,1H3,(H,21,29)(H,23,28)(H,22,24,25). The molecule has 10 nitrogen and oxygen atoms in total. The van der Waals surface area contributed by atoms with Gasteiger partial charge in [0.05, 0.1) is 18.3 Å². The molecular weight excluding hydrogens is 381 g/mol. The van der Waals surface area contributed by atoms with Crippen molar-refractivity contribution in [2.24, 2.45) is 7.05 Å². The average molecular weight is 395 g/mol. The first-order valence-corrected chi connectivity index (χ1v) is 8.23. The number of H-pyrrole nitrogens is 1. The Hall–Kier alpha value is -4.33. The van der Waals surface area contributed by atoms with Crippen molar-refractivity contribution in [2.75, 3.05) is 5.32 Å².